The van der Waals surface area contributed by atoms with E-state index < -0.39 is 0 Å². The Morgan fingerprint density at radius 2 is 1.48 bits per heavy atom. The first-order chi connectivity index (χ1) is 11.2. The number of thiophene rings is 1. The van der Waals surface area contributed by atoms with Crippen molar-refractivity contribution in [2.75, 3.05) is 4.90 Å². The van der Waals surface area contributed by atoms with Crippen LogP contribution in [0.2, 0.25) is 0 Å². The third-order valence-corrected chi connectivity index (χ3v) is 4.81. The lowest BCUT2D eigenvalue weighted by Crippen LogP contribution is -2.26. The van der Waals surface area contributed by atoms with E-state index in [1.54, 1.807) is 18.3 Å². The summed E-state index contributed by atoms with van der Waals surface area (Å²) in [5, 5.41) is 1.01. The molecule has 0 radical (unpaired) electrons. The molecule has 1 amide bonds. The van der Waals surface area contributed by atoms with Crippen LogP contribution in [0.4, 0.5) is 5.00 Å². The number of carbonyl (C=O) groups excluding carboxylic acids is 1. The molecule has 3 aromatic rings. The molecule has 0 aliphatic rings. The summed E-state index contributed by atoms with van der Waals surface area (Å²) in [6, 6.07) is 24.7. The van der Waals surface area contributed by atoms with Crippen LogP contribution in [-0.2, 0) is 17.8 Å². The Kier molecular flexibility index (Phi) is 4.89. The van der Waals surface area contributed by atoms with Crippen molar-refractivity contribution in [1.82, 2.24) is 0 Å². The molecule has 2 nitrogen and oxygen atoms in total. The van der Waals surface area contributed by atoms with Crippen molar-refractivity contribution in [1.29, 1.82) is 0 Å². The van der Waals surface area contributed by atoms with E-state index in [4.69, 9.17) is 0 Å². The van der Waals surface area contributed by atoms with Gasteiger partial charge < -0.3 is 0 Å². The molecule has 0 atom stereocenters. The molecule has 0 unspecified atom stereocenters. The molecule has 0 aliphatic heterocycles. The number of hydrogen-bond acceptors (Lipinski definition) is 2. The van der Waals surface area contributed by atoms with Crippen molar-refractivity contribution in [2.24, 2.45) is 0 Å². The van der Waals surface area contributed by atoms with Gasteiger partial charge in [0.05, 0.1) is 11.5 Å². The molecule has 23 heavy (non-hydrogen) atoms. The average Bonchev–Trinajstić information content (AvgIpc) is 3.02. The SMILES string of the molecule is CC(=O)N(Cc1ccccc1)c1ccc(Cc2ccccc2)s1. The van der Waals surface area contributed by atoms with Crippen LogP contribution in [0.3, 0.4) is 0 Å². The Balaban J connectivity index is 1.77. The lowest BCUT2D eigenvalue weighted by atomic mass is 10.1. The molecular formula is C20H19NOS. The number of rotatable bonds is 5. The minimum absolute atomic E-state index is 0.0713. The molecule has 1 aromatic heterocycles. The van der Waals surface area contributed by atoms with Crippen LogP contribution in [0.25, 0.3) is 0 Å². The normalized spacial score (nSPS) is 10.5. The fourth-order valence-corrected chi connectivity index (χ4v) is 3.60. The number of amides is 1. The molecule has 0 spiro atoms. The van der Waals surface area contributed by atoms with E-state index >= 15 is 0 Å². The van der Waals surface area contributed by atoms with Gasteiger partial charge in [-0.1, -0.05) is 60.7 Å². The smallest absolute Gasteiger partial charge is 0.224 e. The monoisotopic (exact) mass is 321 g/mol. The van der Waals surface area contributed by atoms with Crippen LogP contribution in [0.5, 0.6) is 0 Å². The number of hydrogen-bond donors (Lipinski definition) is 0. The maximum atomic E-state index is 12.0. The Labute approximate surface area is 141 Å². The lowest BCUT2D eigenvalue weighted by molar-refractivity contribution is -0.116. The van der Waals surface area contributed by atoms with Gasteiger partial charge in [0.25, 0.3) is 0 Å². The van der Waals surface area contributed by atoms with E-state index in [0.717, 1.165) is 17.0 Å². The lowest BCUT2D eigenvalue weighted by Gasteiger charge is -2.19. The highest BCUT2D eigenvalue weighted by Gasteiger charge is 2.14. The standard InChI is InChI=1S/C20H19NOS/c1-16(22)21(15-18-10-6-3-7-11-18)20-13-12-19(23-20)14-17-8-4-2-5-9-17/h2-13H,14-15H2,1H3. The Morgan fingerprint density at radius 1 is 0.870 bits per heavy atom. The predicted octanol–water partition coefficient (Wildman–Crippen LogP) is 4.89. The summed E-state index contributed by atoms with van der Waals surface area (Å²) >= 11 is 1.69. The topological polar surface area (TPSA) is 20.3 Å². The maximum Gasteiger partial charge on any atom is 0.224 e. The highest BCUT2D eigenvalue weighted by Crippen LogP contribution is 2.29. The molecule has 0 saturated carbocycles. The molecule has 0 saturated heterocycles. The van der Waals surface area contributed by atoms with E-state index in [0.29, 0.717) is 6.54 Å². The Bertz CT molecular complexity index is 765. The Hall–Kier alpha value is -2.39. The molecule has 0 aliphatic carbocycles. The molecular weight excluding hydrogens is 302 g/mol. The third-order valence-electron chi connectivity index (χ3n) is 3.70. The first kappa shape index (κ1) is 15.5. The Morgan fingerprint density at radius 3 is 2.09 bits per heavy atom. The van der Waals surface area contributed by atoms with Crippen LogP contribution in [0.1, 0.15) is 22.9 Å². The average molecular weight is 321 g/mol. The van der Waals surface area contributed by atoms with Crippen molar-refractivity contribution >= 4 is 22.2 Å². The summed E-state index contributed by atoms with van der Waals surface area (Å²) < 4.78 is 0. The van der Waals surface area contributed by atoms with Gasteiger partial charge in [-0.25, -0.2) is 0 Å². The van der Waals surface area contributed by atoms with E-state index in [1.807, 2.05) is 35.2 Å². The number of benzene rings is 2. The molecule has 116 valence electrons. The van der Waals surface area contributed by atoms with Crippen molar-refractivity contribution in [2.45, 2.75) is 19.9 Å². The van der Waals surface area contributed by atoms with Crippen molar-refractivity contribution in [3.05, 3.63) is 88.8 Å². The van der Waals surface area contributed by atoms with Crippen molar-refractivity contribution in [3.8, 4) is 0 Å². The largest absolute Gasteiger partial charge is 0.300 e. The molecule has 0 N–H and O–H groups in total. The van der Waals surface area contributed by atoms with Crippen LogP contribution < -0.4 is 4.90 Å². The van der Waals surface area contributed by atoms with Gasteiger partial charge in [0.1, 0.15) is 0 Å². The van der Waals surface area contributed by atoms with Crippen molar-refractivity contribution in [3.63, 3.8) is 0 Å². The maximum absolute atomic E-state index is 12.0. The first-order valence-electron chi connectivity index (χ1n) is 7.67. The fourth-order valence-electron chi connectivity index (χ4n) is 2.51. The van der Waals surface area contributed by atoms with Crippen LogP contribution in [0, 0.1) is 0 Å². The van der Waals surface area contributed by atoms with Gasteiger partial charge in [0.2, 0.25) is 5.91 Å². The molecule has 3 rings (SSSR count). The van der Waals surface area contributed by atoms with Gasteiger partial charge in [-0.05, 0) is 23.3 Å². The fraction of sp³-hybridized carbons (Fsp3) is 0.150. The number of anilines is 1. The highest BCUT2D eigenvalue weighted by atomic mass is 32.1. The highest BCUT2D eigenvalue weighted by molar-refractivity contribution is 7.16. The van der Waals surface area contributed by atoms with Crippen molar-refractivity contribution < 1.29 is 4.79 Å². The second-order valence-corrected chi connectivity index (χ2v) is 6.64. The second kappa shape index (κ2) is 7.25. The summed E-state index contributed by atoms with van der Waals surface area (Å²) in [6.07, 6.45) is 0.905. The van der Waals surface area contributed by atoms with E-state index in [2.05, 4.69) is 42.5 Å². The zero-order valence-corrected chi connectivity index (χ0v) is 13.9. The van der Waals surface area contributed by atoms with E-state index in [1.165, 1.54) is 10.4 Å². The predicted molar refractivity (Wildman–Crippen MR) is 96.9 cm³/mol. The minimum Gasteiger partial charge on any atom is -0.300 e. The second-order valence-electron chi connectivity index (χ2n) is 5.49. The molecule has 1 heterocycles. The molecule has 2 aromatic carbocycles. The van der Waals surface area contributed by atoms with Gasteiger partial charge in [0, 0.05) is 18.2 Å². The quantitative estimate of drug-likeness (QED) is 0.655. The zero-order chi connectivity index (χ0) is 16.1. The summed E-state index contributed by atoms with van der Waals surface area (Å²) in [5.74, 6) is 0.0713. The molecule has 0 bridgehead atoms. The summed E-state index contributed by atoms with van der Waals surface area (Å²) in [6.45, 7) is 2.24. The third kappa shape index (κ3) is 4.08. The summed E-state index contributed by atoms with van der Waals surface area (Å²) in [5.41, 5.74) is 2.43. The minimum atomic E-state index is 0.0713. The van der Waals surface area contributed by atoms with Crippen LogP contribution in [-0.4, -0.2) is 5.91 Å². The van der Waals surface area contributed by atoms with Crippen LogP contribution in [0.15, 0.2) is 72.8 Å². The summed E-state index contributed by atoms with van der Waals surface area (Å²) in [4.78, 5) is 15.2. The number of carbonyl (C=O) groups is 1. The van der Waals surface area contributed by atoms with Gasteiger partial charge in [-0.15, -0.1) is 11.3 Å². The molecule has 3 heteroatoms. The summed E-state index contributed by atoms with van der Waals surface area (Å²) in [7, 11) is 0. The van der Waals surface area contributed by atoms with Crippen LogP contribution >= 0.6 is 11.3 Å². The molecule has 0 fully saturated rings. The van der Waals surface area contributed by atoms with E-state index in [-0.39, 0.29) is 5.91 Å². The van der Waals surface area contributed by atoms with E-state index in [9.17, 15) is 4.79 Å². The zero-order valence-electron chi connectivity index (χ0n) is 13.1. The van der Waals surface area contributed by atoms with Gasteiger partial charge in [-0.3, -0.25) is 9.69 Å². The van der Waals surface area contributed by atoms with Gasteiger partial charge in [0.15, 0.2) is 0 Å². The van der Waals surface area contributed by atoms with Gasteiger partial charge >= 0.3 is 0 Å². The number of nitrogens with zero attached hydrogens (tertiary/aromatic N) is 1. The van der Waals surface area contributed by atoms with Gasteiger partial charge in [-0.2, -0.15) is 0 Å². The first-order valence-corrected chi connectivity index (χ1v) is 8.49.